The van der Waals surface area contributed by atoms with Gasteiger partial charge in [0.05, 0.1) is 23.7 Å². The van der Waals surface area contributed by atoms with Gasteiger partial charge in [0, 0.05) is 31.3 Å². The second-order valence-electron chi connectivity index (χ2n) is 14.0. The number of nitrogens with one attached hydrogen (secondary N) is 1. The van der Waals surface area contributed by atoms with E-state index in [4.69, 9.17) is 0 Å². The molecular formula is C36H31F4N9O. The highest BCUT2D eigenvalue weighted by molar-refractivity contribution is 6.10. The number of amides is 1. The molecule has 2 aliphatic heterocycles. The van der Waals surface area contributed by atoms with Crippen molar-refractivity contribution in [3.8, 4) is 34.7 Å². The first kappa shape index (κ1) is 31.9. The molecule has 2 aliphatic carbocycles. The van der Waals surface area contributed by atoms with E-state index in [0.29, 0.717) is 47.3 Å². The Labute approximate surface area is 285 Å². The van der Waals surface area contributed by atoms with Crippen LogP contribution in [0.25, 0.3) is 22.5 Å². The normalized spacial score (nSPS) is 18.9. The van der Waals surface area contributed by atoms with Crippen LogP contribution in [0.15, 0.2) is 42.7 Å². The van der Waals surface area contributed by atoms with Crippen LogP contribution in [0.1, 0.15) is 71.1 Å². The Balaban J connectivity index is 1.23. The molecule has 2 saturated carbocycles. The highest BCUT2D eigenvalue weighted by Crippen LogP contribution is 2.53. The molecule has 0 radical (unpaired) electrons. The smallest absolute Gasteiger partial charge is 0.352 e. The Morgan fingerprint density at radius 3 is 2.42 bits per heavy atom. The van der Waals surface area contributed by atoms with Crippen LogP contribution in [-0.4, -0.2) is 49.2 Å². The number of hydrogen-bond acceptors (Lipinski definition) is 8. The molecule has 50 heavy (non-hydrogen) atoms. The predicted molar refractivity (Wildman–Crippen MR) is 174 cm³/mol. The molecule has 4 heterocycles. The molecule has 10 nitrogen and oxygen atoms in total. The van der Waals surface area contributed by atoms with Gasteiger partial charge < -0.3 is 9.88 Å². The topological polar surface area (TPSA) is 127 Å². The molecule has 2 aromatic heterocycles. The van der Waals surface area contributed by atoms with E-state index in [-0.39, 0.29) is 40.4 Å². The predicted octanol–water partition coefficient (Wildman–Crippen LogP) is 6.58. The van der Waals surface area contributed by atoms with E-state index in [1.807, 2.05) is 6.07 Å². The van der Waals surface area contributed by atoms with Gasteiger partial charge in [-0.15, -0.1) is 10.2 Å². The Morgan fingerprint density at radius 1 is 1.00 bits per heavy atom. The molecule has 4 aliphatic rings. The fraction of sp³-hybridized carbons (Fsp3) is 0.389. The first-order chi connectivity index (χ1) is 23.9. The average Bonchev–Trinajstić information content (AvgIpc) is 3.32. The summed E-state index contributed by atoms with van der Waals surface area (Å²) in [7, 11) is 1.67. The number of aromatic nitrogens is 4. The van der Waals surface area contributed by atoms with Crippen molar-refractivity contribution in [3.05, 3.63) is 76.4 Å². The number of benzene rings is 2. The molecule has 0 atom stereocenters. The SMILES string of the molecule is Cn1cnnc1-c1cc(F)c(C#N)cc1-c1cc(NC2(C#N)CCC2)nc(N2Cc3c(cc(CN4CCC5(CC5)C4)cc3C(F)(F)F)C2=O)c1. The number of nitriles is 2. The molecule has 0 unspecified atom stereocenters. The van der Waals surface area contributed by atoms with Gasteiger partial charge in [-0.3, -0.25) is 14.6 Å². The van der Waals surface area contributed by atoms with Crippen molar-refractivity contribution in [1.82, 2.24) is 24.6 Å². The lowest BCUT2D eigenvalue weighted by Crippen LogP contribution is -2.43. The van der Waals surface area contributed by atoms with Gasteiger partial charge in [-0.05, 0) is 109 Å². The molecule has 0 bridgehead atoms. The van der Waals surface area contributed by atoms with Crippen molar-refractivity contribution in [2.75, 3.05) is 23.3 Å². The summed E-state index contributed by atoms with van der Waals surface area (Å²) in [5.41, 5.74) is -0.426. The number of halogens is 4. The molecule has 14 heteroatoms. The van der Waals surface area contributed by atoms with Gasteiger partial charge in [-0.2, -0.15) is 23.7 Å². The van der Waals surface area contributed by atoms with E-state index < -0.39 is 29.0 Å². The summed E-state index contributed by atoms with van der Waals surface area (Å²) in [6, 6.07) is 12.5. The lowest BCUT2D eigenvalue weighted by atomic mass is 9.78. The summed E-state index contributed by atoms with van der Waals surface area (Å²) < 4.78 is 60.4. The number of fused-ring (bicyclic) bond motifs is 1. The number of likely N-dealkylation sites (tertiary alicyclic amines) is 1. The largest absolute Gasteiger partial charge is 0.416 e. The first-order valence-corrected chi connectivity index (χ1v) is 16.5. The number of carbonyl (C=O) groups is 1. The summed E-state index contributed by atoms with van der Waals surface area (Å²) in [5, 5.41) is 30.9. The zero-order chi connectivity index (χ0) is 35.0. The number of rotatable bonds is 7. The van der Waals surface area contributed by atoms with Gasteiger partial charge in [-0.25, -0.2) is 9.37 Å². The van der Waals surface area contributed by atoms with Crippen molar-refractivity contribution in [3.63, 3.8) is 0 Å². The number of alkyl halides is 3. The van der Waals surface area contributed by atoms with Crippen LogP contribution in [0.5, 0.6) is 0 Å². The standard InChI is InChI=1S/C36H31F4N9O/c1-47-20-43-46-32(47)25-14-29(37)23(15-41)11-24(25)22-12-30(45-35(18-42)3-2-4-35)44-31(13-22)49-17-27-26(33(49)50)9-21(10-28(27)36(38,39)40)16-48-8-7-34(19-48)5-6-34/h9-14,20H,2-8,16-17,19H2,1H3,(H,44,45). The van der Waals surface area contributed by atoms with Crippen molar-refractivity contribution in [2.45, 2.75) is 63.3 Å². The fourth-order valence-corrected chi connectivity index (χ4v) is 7.53. The van der Waals surface area contributed by atoms with Gasteiger partial charge in [0.15, 0.2) is 5.82 Å². The molecule has 4 aromatic rings. The molecule has 1 amide bonds. The number of aryl methyl sites for hydroxylation is 1. The third-order valence-electron chi connectivity index (χ3n) is 10.7. The number of anilines is 2. The Kier molecular flexibility index (Phi) is 7.24. The van der Waals surface area contributed by atoms with Crippen LogP contribution in [0.3, 0.4) is 0 Å². The van der Waals surface area contributed by atoms with E-state index in [1.54, 1.807) is 23.7 Å². The zero-order valence-corrected chi connectivity index (χ0v) is 27.1. The quantitative estimate of drug-likeness (QED) is 0.217. The minimum Gasteiger partial charge on any atom is -0.352 e. The summed E-state index contributed by atoms with van der Waals surface area (Å²) in [4.78, 5) is 22.1. The molecule has 1 saturated heterocycles. The van der Waals surface area contributed by atoms with Crippen LogP contribution in [0.4, 0.5) is 29.2 Å². The highest BCUT2D eigenvalue weighted by Gasteiger charge is 2.48. The van der Waals surface area contributed by atoms with E-state index >= 15 is 4.39 Å². The third kappa shape index (κ3) is 5.44. The third-order valence-corrected chi connectivity index (χ3v) is 10.7. The summed E-state index contributed by atoms with van der Waals surface area (Å²) in [6.45, 7) is 1.59. The second-order valence-corrected chi connectivity index (χ2v) is 14.0. The van der Waals surface area contributed by atoms with Crippen molar-refractivity contribution in [1.29, 1.82) is 10.5 Å². The van der Waals surface area contributed by atoms with Crippen molar-refractivity contribution >= 4 is 17.5 Å². The lowest BCUT2D eigenvalue weighted by molar-refractivity contribution is -0.138. The number of nitrogens with zero attached hydrogens (tertiary/aromatic N) is 8. The second kappa shape index (κ2) is 11.4. The minimum atomic E-state index is -4.70. The summed E-state index contributed by atoms with van der Waals surface area (Å²) >= 11 is 0. The maximum Gasteiger partial charge on any atom is 0.416 e. The van der Waals surface area contributed by atoms with Gasteiger partial charge >= 0.3 is 6.18 Å². The molecular weight excluding hydrogens is 650 g/mol. The molecule has 1 spiro atoms. The maximum atomic E-state index is 15.0. The highest BCUT2D eigenvalue weighted by atomic mass is 19.4. The Morgan fingerprint density at radius 2 is 1.80 bits per heavy atom. The monoisotopic (exact) mass is 681 g/mol. The van der Waals surface area contributed by atoms with Gasteiger partial charge in [0.2, 0.25) is 0 Å². The maximum absolute atomic E-state index is 15.0. The van der Waals surface area contributed by atoms with Crippen LogP contribution < -0.4 is 10.2 Å². The molecule has 2 aromatic carbocycles. The number of pyridine rings is 1. The van der Waals surface area contributed by atoms with Crippen LogP contribution in [0.2, 0.25) is 0 Å². The molecule has 3 fully saturated rings. The van der Waals surface area contributed by atoms with E-state index in [0.717, 1.165) is 44.8 Å². The summed E-state index contributed by atoms with van der Waals surface area (Å²) in [6.07, 6.45) is 1.97. The van der Waals surface area contributed by atoms with Gasteiger partial charge in [-0.1, -0.05) is 0 Å². The first-order valence-electron chi connectivity index (χ1n) is 16.5. The average molecular weight is 682 g/mol. The number of hydrogen-bond donors (Lipinski definition) is 1. The van der Waals surface area contributed by atoms with Crippen molar-refractivity contribution < 1.29 is 22.4 Å². The van der Waals surface area contributed by atoms with Crippen LogP contribution >= 0.6 is 0 Å². The molecule has 254 valence electrons. The number of carbonyl (C=O) groups excluding carboxylic acids is 1. The fourth-order valence-electron chi connectivity index (χ4n) is 7.53. The minimum absolute atomic E-state index is 0.0299. The summed E-state index contributed by atoms with van der Waals surface area (Å²) in [5.74, 6) is -0.876. The zero-order valence-electron chi connectivity index (χ0n) is 27.1. The van der Waals surface area contributed by atoms with Gasteiger partial charge in [0.25, 0.3) is 5.91 Å². The van der Waals surface area contributed by atoms with Gasteiger partial charge in [0.1, 0.15) is 35.4 Å². The van der Waals surface area contributed by atoms with Crippen molar-refractivity contribution in [2.24, 2.45) is 12.5 Å². The van der Waals surface area contributed by atoms with Crippen LogP contribution in [0, 0.1) is 33.9 Å². The lowest BCUT2D eigenvalue weighted by Gasteiger charge is -2.36. The van der Waals surface area contributed by atoms with Crippen LogP contribution in [-0.2, 0) is 26.3 Å². The van der Waals surface area contributed by atoms with E-state index in [9.17, 15) is 28.5 Å². The Bertz CT molecular complexity index is 2150. The Hall–Kier alpha value is -5.34. The molecule has 1 N–H and O–H groups in total. The molecule has 8 rings (SSSR count). The van der Waals surface area contributed by atoms with E-state index in [1.165, 1.54) is 29.4 Å². The van der Waals surface area contributed by atoms with E-state index in [2.05, 4.69) is 31.5 Å².